The van der Waals surface area contributed by atoms with E-state index in [1.165, 1.54) is 12.1 Å². The molecular formula is C28H34N6O5. The van der Waals surface area contributed by atoms with Crippen LogP contribution in [0.5, 0.6) is 11.5 Å². The first-order valence-electron chi connectivity index (χ1n) is 12.9. The minimum absolute atomic E-state index is 0.0393. The molecule has 2 aromatic carbocycles. The van der Waals surface area contributed by atoms with Gasteiger partial charge in [-0.05, 0) is 37.8 Å². The molecule has 0 radical (unpaired) electrons. The van der Waals surface area contributed by atoms with Crippen molar-refractivity contribution >= 4 is 39.5 Å². The molecule has 0 bridgehead atoms. The van der Waals surface area contributed by atoms with E-state index >= 15 is 0 Å². The number of benzene rings is 2. The number of fused-ring (bicyclic) bond motifs is 2. The number of ether oxygens (including phenoxy) is 2. The van der Waals surface area contributed by atoms with Gasteiger partial charge in [0.25, 0.3) is 11.2 Å². The van der Waals surface area contributed by atoms with Gasteiger partial charge in [0, 0.05) is 42.9 Å². The molecule has 0 amide bonds. The molecule has 11 nitrogen and oxygen atoms in total. The number of nitro groups is 1. The highest BCUT2D eigenvalue weighted by atomic mass is 16.6. The Morgan fingerprint density at radius 2 is 1.85 bits per heavy atom. The first-order valence-corrected chi connectivity index (χ1v) is 12.9. The van der Waals surface area contributed by atoms with Crippen LogP contribution in [-0.4, -0.2) is 51.6 Å². The van der Waals surface area contributed by atoms with E-state index in [0.717, 1.165) is 36.1 Å². The van der Waals surface area contributed by atoms with E-state index in [2.05, 4.69) is 35.3 Å². The lowest BCUT2D eigenvalue weighted by molar-refractivity contribution is -0.384. The Morgan fingerprint density at radius 1 is 1.13 bits per heavy atom. The predicted molar refractivity (Wildman–Crippen MR) is 153 cm³/mol. The van der Waals surface area contributed by atoms with Crippen LogP contribution in [0, 0.1) is 16.0 Å². The summed E-state index contributed by atoms with van der Waals surface area (Å²) < 4.78 is 14.3. The van der Waals surface area contributed by atoms with Crippen molar-refractivity contribution in [2.75, 3.05) is 32.2 Å². The summed E-state index contributed by atoms with van der Waals surface area (Å²) >= 11 is 0. The van der Waals surface area contributed by atoms with Crippen molar-refractivity contribution in [3.05, 3.63) is 63.7 Å². The van der Waals surface area contributed by atoms with Crippen molar-refractivity contribution in [3.63, 3.8) is 0 Å². The minimum atomic E-state index is -0.494. The van der Waals surface area contributed by atoms with E-state index in [1.54, 1.807) is 42.2 Å². The molecule has 0 aliphatic carbocycles. The standard InChI is InChI=1S/C28H34N6O5/c1-7-12-31(27-21-14-25(38-5)26(39-6)15-23(21)29-17-30-27)16-19(8-2)18(4)33-28(35)22-13-20(34(36)37)10-11-24(22)32(33)9-3/h9-11,13-15,17-19H,3,7-8,12,16H2,1-2,4-6H3. The van der Waals surface area contributed by atoms with E-state index < -0.39 is 4.92 Å². The first kappa shape index (κ1) is 27.6. The summed E-state index contributed by atoms with van der Waals surface area (Å²) in [6.45, 7) is 11.5. The summed E-state index contributed by atoms with van der Waals surface area (Å²) in [6.07, 6.45) is 4.79. The zero-order chi connectivity index (χ0) is 28.3. The van der Waals surface area contributed by atoms with Crippen LogP contribution < -0.4 is 19.9 Å². The van der Waals surface area contributed by atoms with E-state index in [9.17, 15) is 14.9 Å². The summed E-state index contributed by atoms with van der Waals surface area (Å²) in [5.74, 6) is 2.00. The molecule has 39 heavy (non-hydrogen) atoms. The highest BCUT2D eigenvalue weighted by molar-refractivity contribution is 5.92. The second kappa shape index (κ2) is 11.5. The SMILES string of the molecule is C=Cn1c2ccc([N+](=O)[O-])cc2c(=O)n1C(C)C(CC)CN(CCC)c1ncnc2cc(OC)c(OC)cc12. The number of anilines is 1. The van der Waals surface area contributed by atoms with Gasteiger partial charge in [0.2, 0.25) is 0 Å². The van der Waals surface area contributed by atoms with Gasteiger partial charge in [0.1, 0.15) is 12.1 Å². The second-order valence-corrected chi connectivity index (χ2v) is 9.41. The van der Waals surface area contributed by atoms with Gasteiger partial charge in [-0.1, -0.05) is 20.4 Å². The molecule has 4 aromatic rings. The van der Waals surface area contributed by atoms with Crippen LogP contribution in [0.1, 0.15) is 39.7 Å². The zero-order valence-corrected chi connectivity index (χ0v) is 23.0. The maximum Gasteiger partial charge on any atom is 0.275 e. The Balaban J connectivity index is 1.77. The molecule has 2 aromatic heterocycles. The summed E-state index contributed by atoms with van der Waals surface area (Å²) in [4.78, 5) is 35.7. The number of nitrogens with zero attached hydrogens (tertiary/aromatic N) is 6. The van der Waals surface area contributed by atoms with Gasteiger partial charge in [-0.15, -0.1) is 0 Å². The Kier molecular flexibility index (Phi) is 8.18. The molecule has 2 unspecified atom stereocenters. The van der Waals surface area contributed by atoms with E-state index in [1.807, 2.05) is 19.1 Å². The van der Waals surface area contributed by atoms with Crippen LogP contribution in [0.4, 0.5) is 11.5 Å². The third kappa shape index (κ3) is 5.04. The van der Waals surface area contributed by atoms with Gasteiger partial charge in [-0.3, -0.25) is 19.6 Å². The van der Waals surface area contributed by atoms with E-state index in [0.29, 0.717) is 28.9 Å². The smallest absolute Gasteiger partial charge is 0.275 e. The molecule has 2 heterocycles. The number of methoxy groups -OCH3 is 2. The van der Waals surface area contributed by atoms with Gasteiger partial charge < -0.3 is 14.4 Å². The fourth-order valence-electron chi connectivity index (χ4n) is 5.19. The van der Waals surface area contributed by atoms with Crippen molar-refractivity contribution < 1.29 is 14.4 Å². The van der Waals surface area contributed by atoms with Crippen LogP contribution in [0.15, 0.2) is 48.0 Å². The van der Waals surface area contributed by atoms with Crippen molar-refractivity contribution in [1.82, 2.24) is 19.3 Å². The quantitative estimate of drug-likeness (QED) is 0.178. The van der Waals surface area contributed by atoms with Crippen LogP contribution in [0.3, 0.4) is 0 Å². The van der Waals surface area contributed by atoms with Gasteiger partial charge in [-0.25, -0.2) is 14.6 Å². The predicted octanol–water partition coefficient (Wildman–Crippen LogP) is 5.28. The second-order valence-electron chi connectivity index (χ2n) is 9.41. The molecule has 0 saturated carbocycles. The molecule has 0 saturated heterocycles. The lowest BCUT2D eigenvalue weighted by atomic mass is 9.97. The number of aromatic nitrogens is 4. The first-order chi connectivity index (χ1) is 18.8. The maximum atomic E-state index is 13.5. The van der Waals surface area contributed by atoms with Crippen LogP contribution in [0.25, 0.3) is 28.0 Å². The molecule has 0 fully saturated rings. The van der Waals surface area contributed by atoms with E-state index in [4.69, 9.17) is 9.47 Å². The Hall–Kier alpha value is -4.41. The monoisotopic (exact) mass is 534 g/mol. The summed E-state index contributed by atoms with van der Waals surface area (Å²) in [6, 6.07) is 7.82. The van der Waals surface area contributed by atoms with Crippen molar-refractivity contribution in [3.8, 4) is 11.5 Å². The third-order valence-electron chi connectivity index (χ3n) is 7.24. The number of hydrogen-bond donors (Lipinski definition) is 0. The van der Waals surface area contributed by atoms with Gasteiger partial charge in [0.15, 0.2) is 11.5 Å². The largest absolute Gasteiger partial charge is 0.493 e. The van der Waals surface area contributed by atoms with Crippen LogP contribution in [-0.2, 0) is 0 Å². The fraction of sp³-hybridized carbons (Fsp3) is 0.393. The highest BCUT2D eigenvalue weighted by Crippen LogP contribution is 2.36. The molecular weight excluding hydrogens is 500 g/mol. The number of non-ortho nitro benzene ring substituents is 1. The van der Waals surface area contributed by atoms with E-state index in [-0.39, 0.29) is 23.2 Å². The Morgan fingerprint density at radius 3 is 2.46 bits per heavy atom. The molecule has 0 aliphatic heterocycles. The summed E-state index contributed by atoms with van der Waals surface area (Å²) in [5, 5.41) is 12.5. The molecule has 0 aliphatic rings. The summed E-state index contributed by atoms with van der Waals surface area (Å²) in [7, 11) is 3.18. The van der Waals surface area contributed by atoms with Gasteiger partial charge in [-0.2, -0.15) is 0 Å². The number of nitro benzene ring substituents is 1. The van der Waals surface area contributed by atoms with Gasteiger partial charge in [0.05, 0.1) is 41.6 Å². The maximum absolute atomic E-state index is 13.5. The normalized spacial score (nSPS) is 12.8. The lowest BCUT2D eigenvalue weighted by Gasteiger charge is -2.32. The topological polar surface area (TPSA) is 118 Å². The molecule has 0 spiro atoms. The minimum Gasteiger partial charge on any atom is -0.493 e. The average Bonchev–Trinajstić information content (AvgIpc) is 3.24. The third-order valence-corrected chi connectivity index (χ3v) is 7.24. The fourth-order valence-corrected chi connectivity index (χ4v) is 5.19. The van der Waals surface area contributed by atoms with Crippen LogP contribution in [0.2, 0.25) is 0 Å². The van der Waals surface area contributed by atoms with Crippen molar-refractivity contribution in [1.29, 1.82) is 0 Å². The molecule has 4 rings (SSSR count). The average molecular weight is 535 g/mol. The Labute approximate surface area is 226 Å². The molecule has 2 atom stereocenters. The highest BCUT2D eigenvalue weighted by Gasteiger charge is 2.27. The van der Waals surface area contributed by atoms with Crippen LogP contribution >= 0.6 is 0 Å². The lowest BCUT2D eigenvalue weighted by Crippen LogP contribution is -2.37. The number of hydrogen-bond acceptors (Lipinski definition) is 8. The molecule has 11 heteroatoms. The summed E-state index contributed by atoms with van der Waals surface area (Å²) in [5.41, 5.74) is 0.912. The molecule has 0 N–H and O–H groups in total. The van der Waals surface area contributed by atoms with Crippen molar-refractivity contribution in [2.24, 2.45) is 5.92 Å². The zero-order valence-electron chi connectivity index (χ0n) is 23.0. The Bertz CT molecular complexity index is 1580. The van der Waals surface area contributed by atoms with Gasteiger partial charge >= 0.3 is 0 Å². The van der Waals surface area contributed by atoms with Crippen molar-refractivity contribution in [2.45, 2.75) is 39.7 Å². The molecule has 206 valence electrons. The number of rotatable bonds is 12.